The van der Waals surface area contributed by atoms with Gasteiger partial charge in [0.2, 0.25) is 0 Å². The van der Waals surface area contributed by atoms with Gasteiger partial charge in [0.25, 0.3) is 0 Å². The predicted molar refractivity (Wildman–Crippen MR) is 130 cm³/mol. The Morgan fingerprint density at radius 1 is 1.31 bits per heavy atom. The highest BCUT2D eigenvalue weighted by molar-refractivity contribution is 8.03. The Hall–Kier alpha value is -1.21. The number of thioether (sulfide) groups is 1. The molecule has 1 heterocycles. The zero-order valence-electron chi connectivity index (χ0n) is 20.3. The highest BCUT2D eigenvalue weighted by atomic mass is 32.2. The normalized spacial score (nSPS) is 43.4. The molecule has 3 saturated carbocycles. The van der Waals surface area contributed by atoms with Gasteiger partial charge < -0.3 is 4.74 Å². The van der Waals surface area contributed by atoms with E-state index in [-0.39, 0.29) is 5.41 Å². The molecule has 8 atom stereocenters. The quantitative estimate of drug-likeness (QED) is 0.331. The molecule has 0 saturated heterocycles. The molecule has 3 nitrogen and oxygen atoms in total. The number of rotatable bonds is 5. The lowest BCUT2D eigenvalue weighted by Gasteiger charge is -2.57. The van der Waals surface area contributed by atoms with Crippen LogP contribution in [0.2, 0.25) is 0 Å². The van der Waals surface area contributed by atoms with E-state index in [1.807, 2.05) is 0 Å². The fourth-order valence-corrected chi connectivity index (χ4v) is 9.23. The van der Waals surface area contributed by atoms with Gasteiger partial charge in [-0.25, -0.2) is 0 Å². The van der Waals surface area contributed by atoms with Crippen LogP contribution in [0.3, 0.4) is 0 Å². The van der Waals surface area contributed by atoms with Gasteiger partial charge in [-0.05, 0) is 97.3 Å². The molecular formula is C28H39NO2S. The maximum absolute atomic E-state index is 12.1. The van der Waals surface area contributed by atoms with Crippen LogP contribution in [0.25, 0.3) is 0 Å². The number of nitrogens with zero attached hydrogens (tertiary/aromatic N) is 1. The number of ketones is 1. The van der Waals surface area contributed by atoms with Crippen molar-refractivity contribution in [2.45, 2.75) is 91.6 Å². The van der Waals surface area contributed by atoms with Gasteiger partial charge in [-0.3, -0.25) is 4.79 Å². The minimum atomic E-state index is 0.254. The second-order valence-corrected chi connectivity index (χ2v) is 12.8. The monoisotopic (exact) mass is 453 g/mol. The average Bonchev–Trinajstić information content (AvgIpc) is 3.24. The van der Waals surface area contributed by atoms with Crippen molar-refractivity contribution in [1.82, 2.24) is 0 Å². The number of Topliss-reactive ketones (excluding diaryl/α,β-unsaturated/α-hetero) is 1. The number of thiocyanates is 1. The molecule has 0 radical (unpaired) electrons. The van der Waals surface area contributed by atoms with Gasteiger partial charge in [0, 0.05) is 30.9 Å². The van der Waals surface area contributed by atoms with Crippen molar-refractivity contribution in [1.29, 1.82) is 5.26 Å². The maximum atomic E-state index is 12.1. The van der Waals surface area contributed by atoms with Crippen LogP contribution in [-0.4, -0.2) is 17.6 Å². The third-order valence-electron chi connectivity index (χ3n) is 10.4. The summed E-state index contributed by atoms with van der Waals surface area (Å²) >= 11 is 1.37. The first-order valence-electron chi connectivity index (χ1n) is 12.9. The van der Waals surface area contributed by atoms with Crippen molar-refractivity contribution in [3.8, 4) is 5.40 Å². The largest absolute Gasteiger partial charge is 0.494 e. The fourth-order valence-electron chi connectivity index (χ4n) is 8.70. The van der Waals surface area contributed by atoms with Gasteiger partial charge in [0.15, 0.2) is 0 Å². The highest BCUT2D eigenvalue weighted by Gasteiger charge is 2.63. The number of carbonyl (C=O) groups excluding carboxylic acids is 1. The van der Waals surface area contributed by atoms with E-state index in [2.05, 4.69) is 39.2 Å². The molecule has 0 aromatic carbocycles. The summed E-state index contributed by atoms with van der Waals surface area (Å²) in [5, 5.41) is 11.0. The maximum Gasteiger partial charge on any atom is 0.136 e. The topological polar surface area (TPSA) is 50.1 Å². The van der Waals surface area contributed by atoms with Crippen LogP contribution in [0.1, 0.15) is 85.5 Å². The smallest absolute Gasteiger partial charge is 0.136 e. The summed E-state index contributed by atoms with van der Waals surface area (Å²) in [6.45, 7) is 9.65. The summed E-state index contributed by atoms with van der Waals surface area (Å²) in [6.07, 6.45) is 12.5. The minimum Gasteiger partial charge on any atom is -0.494 e. The third-order valence-corrected chi connectivity index (χ3v) is 11.3. The third kappa shape index (κ3) is 3.41. The molecule has 0 spiro atoms. The SMILES string of the molecule is CC1=C(CC[C@@H](C)CSC#N)O[C@H]2C[C@H]3[C@@H]4CC=C5CC(=O)CC[C@]5(C)[C@H]4CC[C@]3(C)[C@@H]12. The van der Waals surface area contributed by atoms with Crippen molar-refractivity contribution >= 4 is 17.5 Å². The fraction of sp³-hybridized carbons (Fsp3) is 0.786. The number of carbonyl (C=O) groups is 1. The van der Waals surface area contributed by atoms with Crippen molar-refractivity contribution in [2.24, 2.45) is 40.4 Å². The predicted octanol–water partition coefficient (Wildman–Crippen LogP) is 7.05. The van der Waals surface area contributed by atoms with Crippen molar-refractivity contribution in [3.63, 3.8) is 0 Å². The molecule has 0 N–H and O–H groups in total. The summed E-state index contributed by atoms with van der Waals surface area (Å²) in [6, 6.07) is 0. The Balaban J connectivity index is 1.33. The molecule has 5 aliphatic rings. The molecule has 0 amide bonds. The Morgan fingerprint density at radius 2 is 2.12 bits per heavy atom. The molecule has 0 aromatic rings. The van der Waals surface area contributed by atoms with Crippen LogP contribution in [0, 0.1) is 51.1 Å². The molecule has 5 rings (SSSR count). The first-order chi connectivity index (χ1) is 15.3. The first-order valence-corrected chi connectivity index (χ1v) is 13.8. The summed E-state index contributed by atoms with van der Waals surface area (Å²) in [5.74, 6) is 6.00. The summed E-state index contributed by atoms with van der Waals surface area (Å²) in [7, 11) is 0. The van der Waals surface area contributed by atoms with Gasteiger partial charge in [0.05, 0.1) is 5.76 Å². The van der Waals surface area contributed by atoms with Crippen molar-refractivity contribution in [2.75, 3.05) is 5.75 Å². The number of ether oxygens (including phenoxy) is 1. The van der Waals surface area contributed by atoms with Crippen LogP contribution in [0.15, 0.2) is 23.0 Å². The van der Waals surface area contributed by atoms with E-state index >= 15 is 0 Å². The molecule has 0 bridgehead atoms. The van der Waals surface area contributed by atoms with Gasteiger partial charge >= 0.3 is 0 Å². The van der Waals surface area contributed by atoms with E-state index in [0.29, 0.717) is 35.6 Å². The Labute approximate surface area is 198 Å². The lowest BCUT2D eigenvalue weighted by molar-refractivity contribution is -0.122. The van der Waals surface area contributed by atoms with Crippen LogP contribution < -0.4 is 0 Å². The van der Waals surface area contributed by atoms with Crippen molar-refractivity contribution < 1.29 is 9.53 Å². The summed E-state index contributed by atoms with van der Waals surface area (Å²) < 4.78 is 6.68. The minimum absolute atomic E-state index is 0.254. The Morgan fingerprint density at radius 3 is 2.91 bits per heavy atom. The highest BCUT2D eigenvalue weighted by Crippen LogP contribution is 2.68. The molecule has 174 valence electrons. The molecule has 32 heavy (non-hydrogen) atoms. The van der Waals surface area contributed by atoms with Gasteiger partial charge in [-0.1, -0.05) is 32.4 Å². The van der Waals surface area contributed by atoms with E-state index in [1.165, 1.54) is 54.4 Å². The lowest BCUT2D eigenvalue weighted by Crippen LogP contribution is -2.50. The molecule has 0 unspecified atom stereocenters. The molecule has 4 aliphatic carbocycles. The Bertz CT molecular complexity index is 900. The van der Waals surface area contributed by atoms with E-state index < -0.39 is 0 Å². The number of hydrogen-bond acceptors (Lipinski definition) is 4. The first kappa shape index (κ1) is 22.6. The average molecular weight is 454 g/mol. The molecule has 0 aromatic heterocycles. The van der Waals surface area contributed by atoms with Crippen LogP contribution in [0.5, 0.6) is 0 Å². The molecule has 4 heteroatoms. The molecular weight excluding hydrogens is 414 g/mol. The van der Waals surface area contributed by atoms with E-state index in [1.54, 1.807) is 0 Å². The van der Waals surface area contributed by atoms with Gasteiger partial charge in [-0.15, -0.1) is 0 Å². The van der Waals surface area contributed by atoms with E-state index in [0.717, 1.165) is 49.2 Å². The zero-order chi connectivity index (χ0) is 22.7. The van der Waals surface area contributed by atoms with Crippen LogP contribution in [0.4, 0.5) is 0 Å². The number of hydrogen-bond donors (Lipinski definition) is 0. The van der Waals surface area contributed by atoms with Gasteiger partial charge in [0.1, 0.15) is 17.3 Å². The summed E-state index contributed by atoms with van der Waals surface area (Å²) in [4.78, 5) is 12.1. The standard InChI is InChI=1S/C28H39NO2S/c1-17(15-32-16-29)5-8-24-18(2)26-25(31-24)14-23-21-7-6-19-13-20(30)9-11-27(19,3)22(21)10-12-28(23,26)4/h6,17,21-23,25-26H,5,7-15H2,1-4H3/t17-,21-,22+,23+,25+,26+,27+,28+/m1/s1. The number of fused-ring (bicyclic) bond motifs is 7. The van der Waals surface area contributed by atoms with Crippen molar-refractivity contribution in [3.05, 3.63) is 23.0 Å². The van der Waals surface area contributed by atoms with Gasteiger partial charge in [-0.2, -0.15) is 5.26 Å². The zero-order valence-corrected chi connectivity index (χ0v) is 21.1. The lowest BCUT2D eigenvalue weighted by atomic mass is 9.47. The second kappa shape index (κ2) is 8.23. The van der Waals surface area contributed by atoms with E-state index in [9.17, 15) is 4.79 Å². The molecule has 3 fully saturated rings. The Kier molecular flexibility index (Phi) is 5.80. The number of nitriles is 1. The van der Waals surface area contributed by atoms with Crippen LogP contribution >= 0.6 is 11.8 Å². The van der Waals surface area contributed by atoms with Crippen LogP contribution in [-0.2, 0) is 9.53 Å². The number of allylic oxidation sites excluding steroid dienone is 3. The summed E-state index contributed by atoms with van der Waals surface area (Å²) in [5.41, 5.74) is 3.60. The van der Waals surface area contributed by atoms with E-state index in [4.69, 9.17) is 10.00 Å². The second-order valence-electron chi connectivity index (χ2n) is 12.0. The molecule has 1 aliphatic heterocycles.